The molecule has 0 radical (unpaired) electrons. The molecule has 0 fully saturated rings. The van der Waals surface area contributed by atoms with Crippen LogP contribution in [-0.2, 0) is 12.8 Å². The SMILES string of the molecule is CC(C)(C)[C@H]1CCc2c(sc(N=Cc3ccc(-c4ccc(Cl)cc4Cl)o3)c2C(=O)Nc2ccccc2)C1. The van der Waals surface area contributed by atoms with Crippen LogP contribution < -0.4 is 5.32 Å². The van der Waals surface area contributed by atoms with Crippen LogP contribution in [0.1, 0.15) is 53.8 Å². The van der Waals surface area contributed by atoms with Gasteiger partial charge in [-0.05, 0) is 78.6 Å². The summed E-state index contributed by atoms with van der Waals surface area (Å²) in [5.74, 6) is 1.65. The fourth-order valence-corrected chi connectivity index (χ4v) is 6.50. The van der Waals surface area contributed by atoms with Crippen molar-refractivity contribution in [2.45, 2.75) is 40.0 Å². The largest absolute Gasteiger partial charge is 0.455 e. The van der Waals surface area contributed by atoms with E-state index in [0.29, 0.717) is 38.0 Å². The van der Waals surface area contributed by atoms with Gasteiger partial charge < -0.3 is 9.73 Å². The smallest absolute Gasteiger partial charge is 0.259 e. The Morgan fingerprint density at radius 3 is 2.62 bits per heavy atom. The Balaban J connectivity index is 1.47. The number of rotatable bonds is 5. The molecule has 0 saturated carbocycles. The molecule has 2 aromatic heterocycles. The number of nitrogens with zero attached hydrogens (tertiary/aromatic N) is 1. The van der Waals surface area contributed by atoms with E-state index in [2.05, 4.69) is 26.1 Å². The molecule has 2 heterocycles. The standard InChI is InChI=1S/C30H28Cl2N2O2S/c1-30(2,3)18-9-12-23-26(15-18)37-29(27(23)28(35)34-20-7-5-4-6-8-20)33-17-21-11-14-25(36-21)22-13-10-19(31)16-24(22)32/h4-8,10-11,13-14,16-18H,9,12,15H2,1-3H3,(H,34,35)/t18-/m0/s1. The van der Waals surface area contributed by atoms with Crippen molar-refractivity contribution >= 4 is 57.3 Å². The predicted molar refractivity (Wildman–Crippen MR) is 155 cm³/mol. The summed E-state index contributed by atoms with van der Waals surface area (Å²) in [6.45, 7) is 6.87. The van der Waals surface area contributed by atoms with Gasteiger partial charge in [-0.3, -0.25) is 4.79 Å². The molecule has 0 spiro atoms. The zero-order valence-corrected chi connectivity index (χ0v) is 23.3. The number of hydrogen-bond acceptors (Lipinski definition) is 4. The number of hydrogen-bond donors (Lipinski definition) is 1. The van der Waals surface area contributed by atoms with E-state index in [1.165, 1.54) is 4.88 Å². The number of nitrogens with one attached hydrogen (secondary N) is 1. The summed E-state index contributed by atoms with van der Waals surface area (Å²) in [4.78, 5) is 19.5. The number of thiophene rings is 1. The van der Waals surface area contributed by atoms with Crippen LogP contribution >= 0.6 is 34.5 Å². The molecule has 0 unspecified atom stereocenters. The molecule has 1 atom stereocenters. The van der Waals surface area contributed by atoms with Crippen LogP contribution in [0.25, 0.3) is 11.3 Å². The molecular formula is C30H28Cl2N2O2S. The van der Waals surface area contributed by atoms with E-state index in [1.807, 2.05) is 48.5 Å². The van der Waals surface area contributed by atoms with Gasteiger partial charge >= 0.3 is 0 Å². The molecule has 0 bridgehead atoms. The molecule has 4 nitrogen and oxygen atoms in total. The van der Waals surface area contributed by atoms with Crippen molar-refractivity contribution in [2.75, 3.05) is 5.32 Å². The molecule has 1 aliphatic rings. The monoisotopic (exact) mass is 550 g/mol. The maximum absolute atomic E-state index is 13.5. The van der Waals surface area contributed by atoms with E-state index >= 15 is 0 Å². The van der Waals surface area contributed by atoms with Crippen molar-refractivity contribution in [1.29, 1.82) is 0 Å². The highest BCUT2D eigenvalue weighted by Crippen LogP contribution is 2.45. The first-order valence-corrected chi connectivity index (χ1v) is 13.9. The number of furan rings is 1. The van der Waals surface area contributed by atoms with Gasteiger partial charge in [0.1, 0.15) is 16.5 Å². The summed E-state index contributed by atoms with van der Waals surface area (Å²) >= 11 is 14.0. The Morgan fingerprint density at radius 2 is 1.89 bits per heavy atom. The van der Waals surface area contributed by atoms with Gasteiger partial charge in [-0.25, -0.2) is 4.99 Å². The first-order valence-electron chi connectivity index (χ1n) is 12.3. The topological polar surface area (TPSA) is 54.6 Å². The second-order valence-corrected chi connectivity index (χ2v) is 12.3. The molecule has 37 heavy (non-hydrogen) atoms. The van der Waals surface area contributed by atoms with Gasteiger partial charge in [-0.2, -0.15) is 0 Å². The fraction of sp³-hybridized carbons (Fsp3) is 0.267. The third-order valence-electron chi connectivity index (χ3n) is 6.86. The van der Waals surface area contributed by atoms with Gasteiger partial charge in [0.05, 0.1) is 16.8 Å². The lowest BCUT2D eigenvalue weighted by Crippen LogP contribution is -2.27. The second-order valence-electron chi connectivity index (χ2n) is 10.4. The Kier molecular flexibility index (Phi) is 7.30. The number of para-hydroxylation sites is 1. The number of anilines is 1. The second kappa shape index (κ2) is 10.5. The number of aliphatic imine (C=N–C) groups is 1. The Morgan fingerprint density at radius 1 is 1.11 bits per heavy atom. The van der Waals surface area contributed by atoms with Gasteiger partial charge in [-0.1, -0.05) is 62.2 Å². The molecule has 190 valence electrons. The summed E-state index contributed by atoms with van der Waals surface area (Å²) in [5, 5.41) is 4.85. The Hall–Kier alpha value is -2.86. The van der Waals surface area contributed by atoms with Crippen molar-refractivity contribution < 1.29 is 9.21 Å². The average Bonchev–Trinajstić information content (AvgIpc) is 3.46. The lowest BCUT2D eigenvalue weighted by Gasteiger charge is -2.33. The van der Waals surface area contributed by atoms with Gasteiger partial charge in [0.2, 0.25) is 0 Å². The van der Waals surface area contributed by atoms with E-state index in [0.717, 1.165) is 36.1 Å². The van der Waals surface area contributed by atoms with Crippen LogP contribution in [-0.4, -0.2) is 12.1 Å². The fourth-order valence-electron chi connectivity index (χ4n) is 4.73. The number of benzene rings is 2. The molecule has 5 rings (SSSR count). The van der Waals surface area contributed by atoms with E-state index < -0.39 is 0 Å². The van der Waals surface area contributed by atoms with Crippen molar-refractivity contribution in [2.24, 2.45) is 16.3 Å². The quantitative estimate of drug-likeness (QED) is 0.251. The lowest BCUT2D eigenvalue weighted by atomic mass is 9.72. The van der Waals surface area contributed by atoms with E-state index in [4.69, 9.17) is 32.6 Å². The summed E-state index contributed by atoms with van der Waals surface area (Å²) in [5.41, 5.74) is 3.53. The van der Waals surface area contributed by atoms with Crippen LogP contribution in [0.3, 0.4) is 0 Å². The maximum Gasteiger partial charge on any atom is 0.259 e. The zero-order chi connectivity index (χ0) is 26.2. The molecule has 1 amide bonds. The minimum absolute atomic E-state index is 0.127. The molecule has 1 aliphatic carbocycles. The van der Waals surface area contributed by atoms with Crippen LogP contribution in [0.15, 0.2) is 70.1 Å². The molecule has 0 aliphatic heterocycles. The molecule has 0 saturated heterocycles. The van der Waals surface area contributed by atoms with Gasteiger partial charge in [-0.15, -0.1) is 11.3 Å². The van der Waals surface area contributed by atoms with E-state index in [9.17, 15) is 4.79 Å². The van der Waals surface area contributed by atoms with E-state index in [-0.39, 0.29) is 11.3 Å². The van der Waals surface area contributed by atoms with Gasteiger partial charge in [0.15, 0.2) is 0 Å². The molecule has 7 heteroatoms. The van der Waals surface area contributed by atoms with Crippen molar-refractivity contribution in [1.82, 2.24) is 0 Å². The van der Waals surface area contributed by atoms with Crippen molar-refractivity contribution in [3.8, 4) is 11.3 Å². The summed E-state index contributed by atoms with van der Waals surface area (Å²) in [7, 11) is 0. The van der Waals surface area contributed by atoms with Crippen LogP contribution in [0.5, 0.6) is 0 Å². The number of amides is 1. The Labute approximate surface area is 231 Å². The molecule has 1 N–H and O–H groups in total. The van der Waals surface area contributed by atoms with Gasteiger partial charge in [0, 0.05) is 21.2 Å². The van der Waals surface area contributed by atoms with Crippen LogP contribution in [0.2, 0.25) is 10.0 Å². The minimum atomic E-state index is -0.127. The normalized spacial score (nSPS) is 15.6. The predicted octanol–water partition coefficient (Wildman–Crippen LogP) is 9.47. The highest BCUT2D eigenvalue weighted by atomic mass is 35.5. The van der Waals surface area contributed by atoms with Gasteiger partial charge in [0.25, 0.3) is 5.91 Å². The third-order valence-corrected chi connectivity index (χ3v) is 8.57. The highest BCUT2D eigenvalue weighted by Gasteiger charge is 2.33. The van der Waals surface area contributed by atoms with Crippen LogP contribution in [0.4, 0.5) is 10.7 Å². The summed E-state index contributed by atoms with van der Waals surface area (Å²) < 4.78 is 6.00. The summed E-state index contributed by atoms with van der Waals surface area (Å²) in [6.07, 6.45) is 4.57. The zero-order valence-electron chi connectivity index (χ0n) is 21.0. The first-order chi connectivity index (χ1) is 17.7. The van der Waals surface area contributed by atoms with Crippen molar-refractivity contribution in [3.05, 3.63) is 92.5 Å². The third kappa shape index (κ3) is 5.69. The molecule has 2 aromatic carbocycles. The van der Waals surface area contributed by atoms with E-state index in [1.54, 1.807) is 29.7 Å². The molecular weight excluding hydrogens is 523 g/mol. The number of halogens is 2. The highest BCUT2D eigenvalue weighted by molar-refractivity contribution is 7.16. The van der Waals surface area contributed by atoms with Crippen molar-refractivity contribution in [3.63, 3.8) is 0 Å². The number of carbonyl (C=O) groups is 1. The maximum atomic E-state index is 13.5. The summed E-state index contributed by atoms with van der Waals surface area (Å²) in [6, 6.07) is 18.5. The number of carbonyl (C=O) groups excluding carboxylic acids is 1. The van der Waals surface area contributed by atoms with Crippen LogP contribution in [0, 0.1) is 11.3 Å². The first kappa shape index (κ1) is 25.8. The minimum Gasteiger partial charge on any atom is -0.455 e. The lowest BCUT2D eigenvalue weighted by molar-refractivity contribution is 0.102. The average molecular weight is 552 g/mol. The number of fused-ring (bicyclic) bond motifs is 1. The molecule has 4 aromatic rings. The Bertz CT molecular complexity index is 1460.